The van der Waals surface area contributed by atoms with Crippen LogP contribution >= 0.6 is 11.8 Å². The van der Waals surface area contributed by atoms with Crippen molar-refractivity contribution in [2.24, 2.45) is 10.9 Å². The van der Waals surface area contributed by atoms with Crippen LogP contribution in [0.5, 0.6) is 0 Å². The number of rotatable bonds is 7. The third-order valence-corrected chi connectivity index (χ3v) is 9.31. The number of carbonyl (C=O) groups is 1. The molecule has 6 nitrogen and oxygen atoms in total. The molecule has 1 aromatic carbocycles. The number of anilines is 1. The Labute approximate surface area is 225 Å². The molecule has 0 bridgehead atoms. The summed E-state index contributed by atoms with van der Waals surface area (Å²) in [5.41, 5.74) is 3.83. The number of ether oxygens (including phenoxy) is 2. The van der Waals surface area contributed by atoms with Crippen LogP contribution in [0.25, 0.3) is 0 Å². The first-order valence-corrected chi connectivity index (χ1v) is 16.9. The van der Waals surface area contributed by atoms with E-state index in [0.29, 0.717) is 6.61 Å². The fraction of sp³-hybridized carbons (Fsp3) is 0.630. The van der Waals surface area contributed by atoms with Crippen LogP contribution in [0.2, 0.25) is 25.7 Å². The Morgan fingerprint density at radius 2 is 1.97 bits per heavy atom. The summed E-state index contributed by atoms with van der Waals surface area (Å²) in [6, 6.07) is 4.93. The van der Waals surface area contributed by atoms with Gasteiger partial charge in [-0.3, -0.25) is 0 Å². The number of amidine groups is 1. The largest absolute Gasteiger partial charge is 0.443 e. The number of nitrogen functional groups attached to an aromatic ring is 1. The lowest BCUT2D eigenvalue weighted by atomic mass is 9.73. The molecule has 1 aliphatic heterocycles. The zero-order chi connectivity index (χ0) is 28.2. The van der Waals surface area contributed by atoms with Crippen molar-refractivity contribution in [3.05, 3.63) is 29.6 Å². The number of nitrogens with two attached hydrogens (primary N) is 1. The monoisotopic (exact) mass is 553 g/mol. The molecule has 2 rings (SSSR count). The van der Waals surface area contributed by atoms with Crippen LogP contribution < -0.4 is 5.73 Å². The fourth-order valence-corrected chi connectivity index (χ4v) is 6.05. The molecule has 2 N–H and O–H groups in total. The zero-order valence-electron chi connectivity index (χ0n) is 23.5. The highest BCUT2D eigenvalue weighted by atomic mass is 32.2. The highest BCUT2D eigenvalue weighted by molar-refractivity contribution is 8.15. The van der Waals surface area contributed by atoms with Crippen molar-refractivity contribution in [2.75, 3.05) is 25.7 Å². The van der Waals surface area contributed by atoms with Crippen molar-refractivity contribution in [1.82, 2.24) is 4.90 Å². The van der Waals surface area contributed by atoms with Crippen molar-refractivity contribution in [3.63, 3.8) is 0 Å². The Morgan fingerprint density at radius 1 is 1.32 bits per heavy atom. The maximum Gasteiger partial charge on any atom is 0.418 e. The molecule has 1 amide bonds. The van der Waals surface area contributed by atoms with Crippen molar-refractivity contribution < 1.29 is 23.0 Å². The summed E-state index contributed by atoms with van der Waals surface area (Å²) in [4.78, 5) is 19.4. The van der Waals surface area contributed by atoms with Crippen molar-refractivity contribution in [2.45, 2.75) is 83.1 Å². The number of nitrogens with zero attached hydrogens (tertiary/aromatic N) is 2. The first-order chi connectivity index (χ1) is 17.0. The molecule has 0 unspecified atom stereocenters. The zero-order valence-corrected chi connectivity index (χ0v) is 25.3. The van der Waals surface area contributed by atoms with Gasteiger partial charge in [-0.2, -0.15) is 0 Å². The van der Waals surface area contributed by atoms with Gasteiger partial charge in [0.2, 0.25) is 0 Å². The summed E-state index contributed by atoms with van der Waals surface area (Å²) in [5, 5.41) is 0.157. The Morgan fingerprint density at radius 3 is 2.51 bits per heavy atom. The van der Waals surface area contributed by atoms with E-state index in [0.717, 1.165) is 6.04 Å². The Hall–Kier alpha value is -2.09. The third-order valence-electron chi connectivity index (χ3n) is 6.24. The fourth-order valence-electron chi connectivity index (χ4n) is 3.94. The molecule has 3 atom stereocenters. The van der Waals surface area contributed by atoms with Crippen molar-refractivity contribution in [3.8, 4) is 11.8 Å². The summed E-state index contributed by atoms with van der Waals surface area (Å²) in [5.74, 6) is 4.87. The van der Waals surface area contributed by atoms with E-state index in [1.807, 2.05) is 6.92 Å². The molecule has 37 heavy (non-hydrogen) atoms. The summed E-state index contributed by atoms with van der Waals surface area (Å²) in [6.45, 7) is 16.6. The summed E-state index contributed by atoms with van der Waals surface area (Å²) < 4.78 is 41.0. The van der Waals surface area contributed by atoms with Gasteiger partial charge in [-0.05, 0) is 58.9 Å². The Kier molecular flexibility index (Phi) is 9.88. The molecule has 0 aliphatic carbocycles. The second kappa shape index (κ2) is 11.7. The summed E-state index contributed by atoms with van der Waals surface area (Å²) >= 11 is 1.22. The number of halogens is 2. The van der Waals surface area contributed by atoms with Gasteiger partial charge in [0.1, 0.15) is 30.4 Å². The number of alkyl halides is 1. The minimum atomic E-state index is -1.67. The molecular weight excluding hydrogens is 512 g/mol. The predicted octanol–water partition coefficient (Wildman–Crippen LogP) is 6.64. The first-order valence-electron chi connectivity index (χ1n) is 12.4. The van der Waals surface area contributed by atoms with Crippen LogP contribution in [0.3, 0.4) is 0 Å². The molecule has 1 aliphatic rings. The van der Waals surface area contributed by atoms with Crippen molar-refractivity contribution >= 4 is 36.8 Å². The molecule has 0 fully saturated rings. The minimum Gasteiger partial charge on any atom is -0.443 e. The van der Waals surface area contributed by atoms with E-state index in [4.69, 9.17) is 20.2 Å². The molecule has 10 heteroatoms. The third kappa shape index (κ3) is 7.71. The minimum absolute atomic E-state index is 0.0215. The number of carbonyl (C=O) groups excluding carboxylic acids is 1. The lowest BCUT2D eigenvalue weighted by Gasteiger charge is -2.47. The van der Waals surface area contributed by atoms with E-state index in [2.05, 4.69) is 31.5 Å². The molecule has 0 radical (unpaired) electrons. The lowest BCUT2D eigenvalue weighted by Crippen LogP contribution is -2.53. The average molecular weight is 554 g/mol. The molecule has 0 saturated heterocycles. The number of benzene rings is 1. The molecule has 206 valence electrons. The maximum absolute atomic E-state index is 15.2. The average Bonchev–Trinajstić information content (AvgIpc) is 2.76. The van der Waals surface area contributed by atoms with Gasteiger partial charge in [0, 0.05) is 31.8 Å². The topological polar surface area (TPSA) is 77.1 Å². The first kappa shape index (κ1) is 31.1. The van der Waals surface area contributed by atoms with Gasteiger partial charge in [0.15, 0.2) is 5.17 Å². The van der Waals surface area contributed by atoms with Gasteiger partial charge in [0.05, 0.1) is 4.75 Å². The van der Waals surface area contributed by atoms with Gasteiger partial charge in [0.25, 0.3) is 0 Å². The second-order valence-electron chi connectivity index (χ2n) is 11.8. The number of amides is 1. The number of thioether (sulfide) groups is 1. The SMILES string of the molecule is CC#C[C@@]1(C)SC(N(COCC[Si](C)(C)C)C(=O)OC(C)(C)C)=N[C@](CF)(c2cc(N)ccc2F)[C@@H]1C. The quantitative estimate of drug-likeness (QED) is 0.135. The smallest absolute Gasteiger partial charge is 0.418 e. The molecule has 0 aromatic heterocycles. The van der Waals surface area contributed by atoms with Gasteiger partial charge in [-0.25, -0.2) is 23.5 Å². The number of hydrogen-bond acceptors (Lipinski definition) is 6. The van der Waals surface area contributed by atoms with Crippen LogP contribution in [-0.4, -0.2) is 54.6 Å². The predicted molar refractivity (Wildman–Crippen MR) is 152 cm³/mol. The van der Waals surface area contributed by atoms with E-state index in [-0.39, 0.29) is 23.1 Å². The number of aliphatic imine (C=N–C) groups is 1. The highest BCUT2D eigenvalue weighted by Crippen LogP contribution is 2.52. The van der Waals surface area contributed by atoms with E-state index in [9.17, 15) is 4.79 Å². The van der Waals surface area contributed by atoms with Crippen LogP contribution in [0.4, 0.5) is 19.3 Å². The summed E-state index contributed by atoms with van der Waals surface area (Å²) in [6.07, 6.45) is -0.686. The summed E-state index contributed by atoms with van der Waals surface area (Å²) in [7, 11) is -1.38. The second-order valence-corrected chi connectivity index (χ2v) is 18.8. The van der Waals surface area contributed by atoms with Crippen LogP contribution in [0.1, 0.15) is 47.1 Å². The Bertz CT molecular complexity index is 1080. The molecular formula is C27H41F2N3O3SSi. The van der Waals surface area contributed by atoms with E-state index in [1.165, 1.54) is 34.9 Å². The van der Waals surface area contributed by atoms with E-state index < -0.39 is 48.5 Å². The van der Waals surface area contributed by atoms with Gasteiger partial charge < -0.3 is 15.2 Å². The van der Waals surface area contributed by atoms with E-state index in [1.54, 1.807) is 34.6 Å². The van der Waals surface area contributed by atoms with Crippen molar-refractivity contribution in [1.29, 1.82) is 0 Å². The lowest BCUT2D eigenvalue weighted by molar-refractivity contribution is 0.0107. The van der Waals surface area contributed by atoms with Crippen LogP contribution in [0.15, 0.2) is 23.2 Å². The van der Waals surface area contributed by atoms with Gasteiger partial charge in [-0.1, -0.05) is 44.2 Å². The number of hydrogen-bond donors (Lipinski definition) is 1. The molecule has 1 aromatic rings. The molecule has 0 saturated carbocycles. The maximum atomic E-state index is 15.2. The normalized spacial score (nSPS) is 24.1. The van der Waals surface area contributed by atoms with Crippen LogP contribution in [0, 0.1) is 23.6 Å². The van der Waals surface area contributed by atoms with Gasteiger partial charge in [-0.15, -0.1) is 5.92 Å². The highest BCUT2D eigenvalue weighted by Gasteiger charge is 2.54. The molecule has 1 heterocycles. The van der Waals surface area contributed by atoms with Gasteiger partial charge >= 0.3 is 6.09 Å². The molecule has 0 spiro atoms. The van der Waals surface area contributed by atoms with Crippen LogP contribution in [-0.2, 0) is 15.0 Å². The van der Waals surface area contributed by atoms with E-state index >= 15 is 8.78 Å². The Balaban J connectivity index is 2.68. The standard InChI is InChI=1S/C27H41F2N3O3SSi/c1-10-13-26(6)19(2)27(17-28,21-16-20(30)11-12-22(21)29)31-23(36-26)32(24(33)35-25(3,4)5)18-34-14-15-37(7,8)9/h11-12,16,19H,14-15,17-18,30H2,1-9H3/t19-,26-,27+/m1/s1.